The third-order valence-electron chi connectivity index (χ3n) is 3.54. The molecule has 0 aliphatic carbocycles. The second-order valence-electron chi connectivity index (χ2n) is 5.35. The lowest BCUT2D eigenvalue weighted by Gasteiger charge is -2.28. The van der Waals surface area contributed by atoms with Gasteiger partial charge in [0.2, 0.25) is 0 Å². The van der Waals surface area contributed by atoms with Gasteiger partial charge in [-0.25, -0.2) is 0 Å². The molecular weight excluding hydrogens is 344 g/mol. The largest absolute Gasteiger partial charge is 0.298 e. The van der Waals surface area contributed by atoms with Gasteiger partial charge in [-0.2, -0.15) is 0 Å². The molecular formula is C18H13ClN2O2S. The van der Waals surface area contributed by atoms with Gasteiger partial charge in [0, 0.05) is 5.02 Å². The monoisotopic (exact) mass is 356 g/mol. The van der Waals surface area contributed by atoms with Crippen molar-refractivity contribution < 1.29 is 9.59 Å². The normalized spacial score (nSPS) is 16.5. The van der Waals surface area contributed by atoms with Crippen LogP contribution in [0.2, 0.25) is 5.02 Å². The third-order valence-corrected chi connectivity index (χ3v) is 4.08. The van der Waals surface area contributed by atoms with Crippen LogP contribution in [0.25, 0.3) is 6.08 Å². The first kappa shape index (κ1) is 16.4. The van der Waals surface area contributed by atoms with Crippen molar-refractivity contribution in [1.29, 1.82) is 0 Å². The molecule has 0 bridgehead atoms. The molecule has 0 aromatic heterocycles. The molecule has 1 heterocycles. The molecule has 24 heavy (non-hydrogen) atoms. The lowest BCUT2D eigenvalue weighted by atomic mass is 10.1. The zero-order valence-electron chi connectivity index (χ0n) is 12.7. The number of nitrogens with one attached hydrogen (secondary N) is 1. The van der Waals surface area contributed by atoms with Crippen LogP contribution in [0.4, 0.5) is 5.69 Å². The molecule has 120 valence electrons. The van der Waals surface area contributed by atoms with Gasteiger partial charge < -0.3 is 0 Å². The van der Waals surface area contributed by atoms with Crippen LogP contribution in [-0.2, 0) is 9.59 Å². The fourth-order valence-electron chi connectivity index (χ4n) is 2.41. The Morgan fingerprint density at radius 2 is 1.83 bits per heavy atom. The molecule has 1 saturated heterocycles. The first-order chi connectivity index (χ1) is 11.5. The summed E-state index contributed by atoms with van der Waals surface area (Å²) in [6, 6.07) is 14.2. The molecule has 0 atom stereocenters. The Kier molecular flexibility index (Phi) is 4.46. The number of carbonyl (C=O) groups excluding carboxylic acids is 2. The molecule has 2 aromatic rings. The summed E-state index contributed by atoms with van der Waals surface area (Å²) in [5.74, 6) is -0.968. The highest BCUT2D eigenvalue weighted by molar-refractivity contribution is 7.80. The number of halogens is 1. The molecule has 1 N–H and O–H groups in total. The number of hydrogen-bond acceptors (Lipinski definition) is 3. The highest BCUT2D eigenvalue weighted by Gasteiger charge is 2.34. The van der Waals surface area contributed by atoms with E-state index in [0.717, 1.165) is 11.1 Å². The maximum Gasteiger partial charge on any atom is 0.270 e. The van der Waals surface area contributed by atoms with Crippen molar-refractivity contribution in [2.75, 3.05) is 4.90 Å². The molecule has 3 rings (SSSR count). The van der Waals surface area contributed by atoms with E-state index in [-0.39, 0.29) is 10.7 Å². The maximum atomic E-state index is 12.8. The van der Waals surface area contributed by atoms with Crippen molar-refractivity contribution in [3.05, 3.63) is 70.3 Å². The van der Waals surface area contributed by atoms with Crippen LogP contribution < -0.4 is 10.2 Å². The quantitative estimate of drug-likeness (QED) is 0.509. The average molecular weight is 357 g/mol. The van der Waals surface area contributed by atoms with Gasteiger partial charge in [-0.1, -0.05) is 41.4 Å². The van der Waals surface area contributed by atoms with Crippen LogP contribution in [0, 0.1) is 6.92 Å². The second-order valence-corrected chi connectivity index (χ2v) is 6.17. The minimum Gasteiger partial charge on any atom is -0.298 e. The standard InChI is InChI=1S/C18H13ClN2O2S/c1-11-3-2-4-12(9-11)10-15-16(22)20-18(24)21(17(15)23)14-7-5-13(19)6-8-14/h2-10H,1H3,(H,20,22,24)/b15-10-. The fraction of sp³-hybridized carbons (Fsp3) is 0.0556. The summed E-state index contributed by atoms with van der Waals surface area (Å²) >= 11 is 11.0. The summed E-state index contributed by atoms with van der Waals surface area (Å²) < 4.78 is 0. The number of amides is 2. The lowest BCUT2D eigenvalue weighted by molar-refractivity contribution is -0.122. The second kappa shape index (κ2) is 6.55. The summed E-state index contributed by atoms with van der Waals surface area (Å²) in [6.45, 7) is 1.94. The van der Waals surface area contributed by atoms with Gasteiger partial charge in [-0.3, -0.25) is 19.8 Å². The summed E-state index contributed by atoms with van der Waals surface area (Å²) in [7, 11) is 0. The summed E-state index contributed by atoms with van der Waals surface area (Å²) in [5, 5.41) is 3.15. The number of nitrogens with zero attached hydrogens (tertiary/aromatic N) is 1. The number of anilines is 1. The van der Waals surface area contributed by atoms with E-state index in [9.17, 15) is 9.59 Å². The van der Waals surface area contributed by atoms with Crippen molar-refractivity contribution in [1.82, 2.24) is 5.32 Å². The Morgan fingerprint density at radius 3 is 2.50 bits per heavy atom. The van der Waals surface area contributed by atoms with Crippen LogP contribution in [0.1, 0.15) is 11.1 Å². The van der Waals surface area contributed by atoms with Gasteiger partial charge in [-0.15, -0.1) is 0 Å². The molecule has 1 fully saturated rings. The Labute approximate surface area is 149 Å². The number of rotatable bonds is 2. The minimum absolute atomic E-state index is 0.0316. The van der Waals surface area contributed by atoms with E-state index in [1.165, 1.54) is 4.90 Å². The smallest absolute Gasteiger partial charge is 0.270 e. The first-order valence-corrected chi connectivity index (χ1v) is 7.98. The average Bonchev–Trinajstić information content (AvgIpc) is 2.53. The van der Waals surface area contributed by atoms with E-state index in [0.29, 0.717) is 10.7 Å². The van der Waals surface area contributed by atoms with Gasteiger partial charge in [0.15, 0.2) is 5.11 Å². The van der Waals surface area contributed by atoms with E-state index in [2.05, 4.69) is 5.32 Å². The van der Waals surface area contributed by atoms with E-state index < -0.39 is 11.8 Å². The number of hydrogen-bond donors (Lipinski definition) is 1. The molecule has 0 unspecified atom stereocenters. The zero-order valence-corrected chi connectivity index (χ0v) is 14.3. The number of benzene rings is 2. The maximum absolute atomic E-state index is 12.8. The van der Waals surface area contributed by atoms with Crippen molar-refractivity contribution in [3.8, 4) is 0 Å². The van der Waals surface area contributed by atoms with Gasteiger partial charge in [0.05, 0.1) is 5.69 Å². The highest BCUT2D eigenvalue weighted by atomic mass is 35.5. The molecule has 2 aromatic carbocycles. The van der Waals surface area contributed by atoms with E-state index in [1.807, 2.05) is 31.2 Å². The molecule has 6 heteroatoms. The topological polar surface area (TPSA) is 49.4 Å². The molecule has 2 amide bonds. The van der Waals surface area contributed by atoms with Crippen molar-refractivity contribution in [3.63, 3.8) is 0 Å². The fourth-order valence-corrected chi connectivity index (χ4v) is 2.82. The van der Waals surface area contributed by atoms with E-state index >= 15 is 0 Å². The van der Waals surface area contributed by atoms with E-state index in [4.69, 9.17) is 23.8 Å². The van der Waals surface area contributed by atoms with Gasteiger partial charge >= 0.3 is 0 Å². The van der Waals surface area contributed by atoms with Crippen LogP contribution >= 0.6 is 23.8 Å². The molecule has 0 spiro atoms. The highest BCUT2D eigenvalue weighted by Crippen LogP contribution is 2.23. The molecule has 0 radical (unpaired) electrons. The van der Waals surface area contributed by atoms with Crippen LogP contribution in [0.3, 0.4) is 0 Å². The minimum atomic E-state index is -0.503. The Bertz CT molecular complexity index is 875. The Morgan fingerprint density at radius 1 is 1.12 bits per heavy atom. The Balaban J connectivity index is 2.01. The van der Waals surface area contributed by atoms with Crippen molar-refractivity contribution in [2.45, 2.75) is 6.92 Å². The van der Waals surface area contributed by atoms with Gasteiger partial charge in [0.1, 0.15) is 5.57 Å². The van der Waals surface area contributed by atoms with Gasteiger partial charge in [-0.05, 0) is 55.0 Å². The summed E-state index contributed by atoms with van der Waals surface area (Å²) in [6.07, 6.45) is 1.56. The predicted molar refractivity (Wildman–Crippen MR) is 98.8 cm³/mol. The zero-order chi connectivity index (χ0) is 17.3. The summed E-state index contributed by atoms with van der Waals surface area (Å²) in [5.41, 5.74) is 2.39. The molecule has 4 nitrogen and oxygen atoms in total. The third kappa shape index (κ3) is 3.22. The first-order valence-electron chi connectivity index (χ1n) is 7.19. The van der Waals surface area contributed by atoms with Crippen LogP contribution in [0.15, 0.2) is 54.1 Å². The molecule has 0 saturated carbocycles. The van der Waals surface area contributed by atoms with Crippen LogP contribution in [0.5, 0.6) is 0 Å². The van der Waals surface area contributed by atoms with Crippen LogP contribution in [-0.4, -0.2) is 16.9 Å². The lowest BCUT2D eigenvalue weighted by Crippen LogP contribution is -2.54. The predicted octanol–water partition coefficient (Wildman–Crippen LogP) is 3.48. The number of carbonyl (C=O) groups is 2. The van der Waals surface area contributed by atoms with E-state index in [1.54, 1.807) is 30.3 Å². The number of aryl methyl sites for hydroxylation is 1. The SMILES string of the molecule is Cc1cccc(/C=C2/C(=O)NC(=S)N(c3ccc(Cl)cc3)C2=O)c1. The number of thiocarbonyl (C=S) groups is 1. The Hall–Kier alpha value is -2.50. The van der Waals surface area contributed by atoms with Crippen molar-refractivity contribution in [2.24, 2.45) is 0 Å². The molecule has 1 aliphatic heterocycles. The molecule has 1 aliphatic rings. The van der Waals surface area contributed by atoms with Gasteiger partial charge in [0.25, 0.3) is 11.8 Å². The summed E-state index contributed by atoms with van der Waals surface area (Å²) in [4.78, 5) is 26.3. The van der Waals surface area contributed by atoms with Crippen molar-refractivity contribution >= 4 is 52.5 Å².